The molecule has 0 bridgehead atoms. The fourth-order valence-electron chi connectivity index (χ4n) is 1.32. The monoisotopic (exact) mass is 224 g/mol. The van der Waals surface area contributed by atoms with Crippen LogP contribution in [0.3, 0.4) is 0 Å². The average molecular weight is 225 g/mol. The van der Waals surface area contributed by atoms with Crippen molar-refractivity contribution in [1.29, 1.82) is 0 Å². The molecule has 0 atom stereocenters. The fourth-order valence-corrected chi connectivity index (χ4v) is 1.44. The second-order valence-corrected chi connectivity index (χ2v) is 3.36. The minimum Gasteiger partial charge on any atom is -0.271 e. The molecule has 0 fully saturated rings. The van der Waals surface area contributed by atoms with Gasteiger partial charge in [0.2, 0.25) is 0 Å². The van der Waals surface area contributed by atoms with Gasteiger partial charge in [0, 0.05) is 12.3 Å². The molecule has 0 unspecified atom stereocenters. The van der Waals surface area contributed by atoms with E-state index in [0.717, 1.165) is 0 Å². The van der Waals surface area contributed by atoms with Crippen molar-refractivity contribution >= 4 is 29.1 Å². The van der Waals surface area contributed by atoms with E-state index in [2.05, 4.69) is 16.8 Å². The van der Waals surface area contributed by atoms with E-state index in [0.29, 0.717) is 17.2 Å². The third-order valence-electron chi connectivity index (χ3n) is 2.14. The van der Waals surface area contributed by atoms with E-state index in [-0.39, 0.29) is 11.8 Å². The van der Waals surface area contributed by atoms with Crippen molar-refractivity contribution in [2.75, 3.05) is 5.88 Å². The van der Waals surface area contributed by atoms with Crippen LogP contribution in [-0.4, -0.2) is 33.4 Å². The number of allylic oxidation sites excluding steroid dienone is 1. The molecule has 0 saturated heterocycles. The van der Waals surface area contributed by atoms with Crippen molar-refractivity contribution in [3.8, 4) is 0 Å². The van der Waals surface area contributed by atoms with Crippen LogP contribution in [0.5, 0.6) is 0 Å². The highest BCUT2D eigenvalue weighted by Gasteiger charge is 2.31. The van der Waals surface area contributed by atoms with Crippen molar-refractivity contribution in [1.82, 2.24) is 10.0 Å². The fraction of sp³-hybridized carbons (Fsp3) is 0.222. The van der Waals surface area contributed by atoms with E-state index in [1.165, 1.54) is 5.01 Å². The van der Waals surface area contributed by atoms with E-state index in [1.54, 1.807) is 24.2 Å². The number of carbonyl (C=O) groups is 1. The van der Waals surface area contributed by atoms with Gasteiger partial charge in [0.25, 0.3) is 5.91 Å². The van der Waals surface area contributed by atoms with Crippen LogP contribution in [0.15, 0.2) is 34.8 Å². The molecule has 2 aliphatic rings. The Bertz CT molecular complexity index is 424. The maximum Gasteiger partial charge on any atom is 0.260 e. The Morgan fingerprint density at radius 3 is 3.00 bits per heavy atom. The highest BCUT2D eigenvalue weighted by atomic mass is 35.5. The summed E-state index contributed by atoms with van der Waals surface area (Å²) in [5.41, 5.74) is 1.30. The van der Waals surface area contributed by atoms with Crippen molar-refractivity contribution in [3.63, 3.8) is 0 Å². The Balaban J connectivity index is 2.34. The van der Waals surface area contributed by atoms with Gasteiger partial charge in [-0.25, -0.2) is 10.0 Å². The Labute approximate surface area is 92.0 Å². The van der Waals surface area contributed by atoms with Crippen LogP contribution in [-0.2, 0) is 4.79 Å². The number of carbonyl (C=O) groups excluding carboxylic acids is 1. The lowest BCUT2D eigenvalue weighted by Gasteiger charge is -2.31. The Kier molecular flexibility index (Phi) is 2.32. The van der Waals surface area contributed by atoms with E-state index in [4.69, 9.17) is 11.6 Å². The maximum atomic E-state index is 11.5. The summed E-state index contributed by atoms with van der Waals surface area (Å²) in [6, 6.07) is 0. The predicted octanol–water partition coefficient (Wildman–Crippen LogP) is 1.10. The van der Waals surface area contributed by atoms with Crippen LogP contribution < -0.4 is 0 Å². The molecule has 0 radical (unpaired) electrons. The molecule has 0 N–H and O–H groups in total. The first-order valence-corrected chi connectivity index (χ1v) is 4.86. The van der Waals surface area contributed by atoms with Crippen molar-refractivity contribution in [2.24, 2.45) is 10.2 Å². The third-order valence-corrected chi connectivity index (χ3v) is 2.37. The van der Waals surface area contributed by atoms with Gasteiger partial charge in [-0.3, -0.25) is 4.79 Å². The lowest BCUT2D eigenvalue weighted by molar-refractivity contribution is -0.132. The zero-order valence-corrected chi connectivity index (χ0v) is 8.90. The van der Waals surface area contributed by atoms with Crippen LogP contribution in [0, 0.1) is 0 Å². The Hall–Kier alpha value is -1.62. The molecule has 0 aromatic carbocycles. The van der Waals surface area contributed by atoms with Crippen molar-refractivity contribution in [2.45, 2.75) is 6.92 Å². The molecule has 0 spiro atoms. The lowest BCUT2D eigenvalue weighted by Crippen LogP contribution is -2.44. The third kappa shape index (κ3) is 1.45. The van der Waals surface area contributed by atoms with Crippen LogP contribution in [0.1, 0.15) is 6.92 Å². The quantitative estimate of drug-likeness (QED) is 0.627. The summed E-state index contributed by atoms with van der Waals surface area (Å²) in [5.74, 6) is 0.260. The van der Waals surface area contributed by atoms with Crippen LogP contribution >= 0.6 is 11.6 Å². The second kappa shape index (κ2) is 3.51. The van der Waals surface area contributed by atoms with E-state index in [9.17, 15) is 4.79 Å². The van der Waals surface area contributed by atoms with Gasteiger partial charge in [0.15, 0.2) is 5.84 Å². The minimum absolute atomic E-state index is 0.0857. The number of hydrogen-bond acceptors (Lipinski definition) is 4. The molecule has 6 heteroatoms. The van der Waals surface area contributed by atoms with E-state index in [1.807, 2.05) is 0 Å². The summed E-state index contributed by atoms with van der Waals surface area (Å²) >= 11 is 5.50. The summed E-state index contributed by atoms with van der Waals surface area (Å²) in [6.07, 6.45) is 3.29. The van der Waals surface area contributed by atoms with Gasteiger partial charge in [0.1, 0.15) is 5.88 Å². The molecule has 2 rings (SSSR count). The molecule has 2 heterocycles. The topological polar surface area (TPSA) is 48.3 Å². The maximum absolute atomic E-state index is 11.5. The molecular weight excluding hydrogens is 216 g/mol. The van der Waals surface area contributed by atoms with Gasteiger partial charge in [-0.1, -0.05) is 6.58 Å². The Morgan fingerprint density at radius 2 is 2.33 bits per heavy atom. The minimum atomic E-state index is -0.228. The molecule has 0 aromatic rings. The molecule has 0 aromatic heterocycles. The number of hydrazine groups is 1. The molecule has 15 heavy (non-hydrogen) atoms. The lowest BCUT2D eigenvalue weighted by atomic mass is 10.3. The van der Waals surface area contributed by atoms with Gasteiger partial charge < -0.3 is 0 Å². The number of fused-ring (bicyclic) bond motifs is 1. The molecule has 0 saturated carbocycles. The second-order valence-electron chi connectivity index (χ2n) is 3.09. The molecular formula is C9H9ClN4O. The molecule has 2 aliphatic heterocycles. The van der Waals surface area contributed by atoms with Gasteiger partial charge in [-0.2, -0.15) is 5.10 Å². The van der Waals surface area contributed by atoms with Crippen LogP contribution in [0.2, 0.25) is 0 Å². The molecule has 5 nitrogen and oxygen atoms in total. The van der Waals surface area contributed by atoms with E-state index >= 15 is 0 Å². The van der Waals surface area contributed by atoms with E-state index < -0.39 is 0 Å². The van der Waals surface area contributed by atoms with Crippen LogP contribution in [0.25, 0.3) is 0 Å². The molecule has 1 amide bonds. The predicted molar refractivity (Wildman–Crippen MR) is 58.2 cm³/mol. The Morgan fingerprint density at radius 1 is 1.60 bits per heavy atom. The number of amidine groups is 1. The summed E-state index contributed by atoms with van der Waals surface area (Å²) < 4.78 is 0. The summed E-state index contributed by atoms with van der Waals surface area (Å²) in [7, 11) is 0. The van der Waals surface area contributed by atoms with Gasteiger partial charge in [-0.15, -0.1) is 16.7 Å². The number of rotatable bonds is 1. The van der Waals surface area contributed by atoms with Gasteiger partial charge >= 0.3 is 0 Å². The highest BCUT2D eigenvalue weighted by molar-refractivity contribution is 6.27. The van der Waals surface area contributed by atoms with Gasteiger partial charge in [-0.05, 0) is 6.92 Å². The number of amides is 1. The SMILES string of the molecule is C=C1C(C)=NN=C2C=CN(C(=O)CCl)N12. The number of hydrogen-bond donors (Lipinski definition) is 0. The summed E-state index contributed by atoms with van der Waals surface area (Å²) in [5, 5.41) is 10.8. The first-order valence-electron chi connectivity index (χ1n) is 4.33. The number of nitrogens with zero attached hydrogens (tertiary/aromatic N) is 4. The first kappa shape index (κ1) is 9.92. The number of halogens is 1. The summed E-state index contributed by atoms with van der Waals surface area (Å²) in [4.78, 5) is 11.5. The molecule has 0 aliphatic carbocycles. The zero-order chi connectivity index (χ0) is 11.0. The highest BCUT2D eigenvalue weighted by Crippen LogP contribution is 2.21. The summed E-state index contributed by atoms with van der Waals surface area (Å²) in [6.45, 7) is 5.62. The van der Waals surface area contributed by atoms with Crippen molar-refractivity contribution in [3.05, 3.63) is 24.6 Å². The zero-order valence-electron chi connectivity index (χ0n) is 8.14. The standard InChI is InChI=1S/C9H9ClN4O/c1-6-7(2)14-8(12-11-6)3-4-13(14)9(15)5-10/h3-4H,2,5H2,1H3. The van der Waals surface area contributed by atoms with Crippen LogP contribution in [0.4, 0.5) is 0 Å². The normalized spacial score (nSPS) is 18.9. The smallest absolute Gasteiger partial charge is 0.260 e. The largest absolute Gasteiger partial charge is 0.271 e. The number of alkyl halides is 1. The van der Waals surface area contributed by atoms with Gasteiger partial charge in [0.05, 0.1) is 11.4 Å². The van der Waals surface area contributed by atoms with Crippen molar-refractivity contribution < 1.29 is 4.79 Å². The first-order chi connectivity index (χ1) is 7.15. The molecule has 78 valence electrons. The average Bonchev–Trinajstić information content (AvgIpc) is 2.67.